The molecule has 0 radical (unpaired) electrons. The van der Waals surface area contributed by atoms with Gasteiger partial charge in [-0.2, -0.15) is 0 Å². The molecular weight excluding hydrogens is 228 g/mol. The molecule has 2 nitrogen and oxygen atoms in total. The number of benzene rings is 1. The summed E-state index contributed by atoms with van der Waals surface area (Å²) in [5, 5.41) is 0.0136. The first-order chi connectivity index (χ1) is 7.22. The molecule has 80 valence electrons. The molecule has 0 aromatic heterocycles. The van der Waals surface area contributed by atoms with E-state index in [1.54, 1.807) is 0 Å². The monoisotopic (exact) mass is 240 g/mol. The van der Waals surface area contributed by atoms with Gasteiger partial charge in [0.25, 0.3) is 0 Å². The van der Waals surface area contributed by atoms with Gasteiger partial charge in [0.1, 0.15) is 0 Å². The zero-order valence-corrected chi connectivity index (χ0v) is 10.1. The number of thiocarbonyl (C=S) groups is 1. The zero-order chi connectivity index (χ0) is 11.1. The Hall–Kier alpha value is -0.870. The minimum Gasteiger partial charge on any atom is -0.479 e. The Morgan fingerprint density at radius 3 is 2.67 bits per heavy atom. The third kappa shape index (κ3) is 4.95. The van der Waals surface area contributed by atoms with E-state index in [9.17, 15) is 4.79 Å². The van der Waals surface area contributed by atoms with E-state index in [0.29, 0.717) is 17.4 Å². The van der Waals surface area contributed by atoms with Crippen LogP contribution in [0.3, 0.4) is 0 Å². The molecule has 0 heterocycles. The van der Waals surface area contributed by atoms with Gasteiger partial charge >= 0.3 is 0 Å². The summed E-state index contributed by atoms with van der Waals surface area (Å²) >= 11 is 5.85. The predicted molar refractivity (Wildman–Crippen MR) is 67.0 cm³/mol. The molecule has 1 rings (SSSR count). The number of rotatable bonds is 3. The largest absolute Gasteiger partial charge is 0.479 e. The average molecular weight is 240 g/mol. The molecule has 0 aliphatic heterocycles. The number of carbonyl (C=O) groups is 1. The molecule has 4 heteroatoms. The fraction of sp³-hybridized carbons (Fsp3) is 0.273. The standard InChI is InChI=1S/C11H12O2S2/c1-2-13-11(14)15-10(12)8-9-6-4-3-5-7-9/h3-7H,2,8H2,1H3. The van der Waals surface area contributed by atoms with Gasteiger partial charge in [-0.05, 0) is 36.5 Å². The van der Waals surface area contributed by atoms with Crippen molar-refractivity contribution in [1.82, 2.24) is 0 Å². The third-order valence-corrected chi connectivity index (χ3v) is 2.68. The lowest BCUT2D eigenvalue weighted by molar-refractivity contribution is -0.110. The van der Waals surface area contributed by atoms with E-state index in [-0.39, 0.29) is 5.12 Å². The van der Waals surface area contributed by atoms with E-state index in [4.69, 9.17) is 17.0 Å². The number of ether oxygens (including phenoxy) is 1. The molecule has 0 spiro atoms. The van der Waals surface area contributed by atoms with Crippen molar-refractivity contribution in [3.63, 3.8) is 0 Å². The van der Waals surface area contributed by atoms with Gasteiger partial charge in [0.2, 0.25) is 9.50 Å². The molecule has 0 saturated heterocycles. The van der Waals surface area contributed by atoms with Gasteiger partial charge in [0.15, 0.2) is 0 Å². The Balaban J connectivity index is 2.40. The van der Waals surface area contributed by atoms with Crippen molar-refractivity contribution in [2.75, 3.05) is 6.61 Å². The van der Waals surface area contributed by atoms with E-state index >= 15 is 0 Å². The van der Waals surface area contributed by atoms with Crippen LogP contribution in [0.5, 0.6) is 0 Å². The topological polar surface area (TPSA) is 26.3 Å². The molecule has 0 atom stereocenters. The van der Waals surface area contributed by atoms with E-state index in [2.05, 4.69) is 0 Å². The summed E-state index contributed by atoms with van der Waals surface area (Å²) in [5.74, 6) is 0. The fourth-order valence-corrected chi connectivity index (χ4v) is 2.04. The van der Waals surface area contributed by atoms with Gasteiger partial charge in [-0.25, -0.2) is 0 Å². The number of thioether (sulfide) groups is 1. The van der Waals surface area contributed by atoms with Gasteiger partial charge in [0.05, 0.1) is 6.61 Å². The number of hydrogen-bond donors (Lipinski definition) is 0. The minimum atomic E-state index is 0.0136. The molecular formula is C11H12O2S2. The minimum absolute atomic E-state index is 0.0136. The second-order valence-electron chi connectivity index (χ2n) is 2.82. The molecule has 0 bridgehead atoms. The van der Waals surface area contributed by atoms with Gasteiger partial charge in [0, 0.05) is 6.42 Å². The summed E-state index contributed by atoms with van der Waals surface area (Å²) in [7, 11) is 0. The first-order valence-corrected chi connectivity index (χ1v) is 5.86. The lowest BCUT2D eigenvalue weighted by atomic mass is 10.2. The molecule has 1 aromatic carbocycles. The average Bonchev–Trinajstić information content (AvgIpc) is 2.19. The zero-order valence-electron chi connectivity index (χ0n) is 8.43. The van der Waals surface area contributed by atoms with Gasteiger partial charge in [-0.15, -0.1) is 0 Å². The van der Waals surface area contributed by atoms with Crippen LogP contribution in [0.2, 0.25) is 0 Å². The maximum absolute atomic E-state index is 11.5. The van der Waals surface area contributed by atoms with Gasteiger partial charge in [-0.1, -0.05) is 30.3 Å². The van der Waals surface area contributed by atoms with Crippen molar-refractivity contribution < 1.29 is 9.53 Å². The molecule has 15 heavy (non-hydrogen) atoms. The quantitative estimate of drug-likeness (QED) is 0.759. The third-order valence-electron chi connectivity index (χ3n) is 1.65. The molecule has 1 aromatic rings. The lowest BCUT2D eigenvalue weighted by Gasteiger charge is -2.03. The smallest absolute Gasteiger partial charge is 0.227 e. The summed E-state index contributed by atoms with van der Waals surface area (Å²) in [6.07, 6.45) is 0.388. The first-order valence-electron chi connectivity index (χ1n) is 4.63. The Morgan fingerprint density at radius 2 is 2.07 bits per heavy atom. The summed E-state index contributed by atoms with van der Waals surface area (Å²) in [5.41, 5.74) is 0.995. The highest BCUT2D eigenvalue weighted by Crippen LogP contribution is 2.11. The van der Waals surface area contributed by atoms with Crippen molar-refractivity contribution in [2.45, 2.75) is 13.3 Å². The second kappa shape index (κ2) is 6.58. The molecule has 0 unspecified atom stereocenters. The van der Waals surface area contributed by atoms with Crippen LogP contribution in [0.15, 0.2) is 30.3 Å². The molecule has 0 N–H and O–H groups in total. The maximum atomic E-state index is 11.5. The summed E-state index contributed by atoms with van der Waals surface area (Å²) in [6.45, 7) is 2.35. The Bertz CT molecular complexity index is 336. The SMILES string of the molecule is CCOC(=S)SC(=O)Cc1ccccc1. The predicted octanol–water partition coefficient (Wildman–Crippen LogP) is 2.81. The van der Waals surface area contributed by atoms with Crippen LogP contribution in [0.25, 0.3) is 0 Å². The second-order valence-corrected chi connectivity index (χ2v) is 4.48. The van der Waals surface area contributed by atoms with E-state index in [0.717, 1.165) is 17.3 Å². The van der Waals surface area contributed by atoms with Crippen LogP contribution >= 0.6 is 24.0 Å². The highest BCUT2D eigenvalue weighted by Gasteiger charge is 2.08. The number of carbonyl (C=O) groups excluding carboxylic acids is 1. The van der Waals surface area contributed by atoms with Crippen molar-refractivity contribution in [3.8, 4) is 0 Å². The van der Waals surface area contributed by atoms with Crippen molar-refractivity contribution in [1.29, 1.82) is 0 Å². The maximum Gasteiger partial charge on any atom is 0.227 e. The van der Waals surface area contributed by atoms with Crippen molar-refractivity contribution >= 4 is 33.5 Å². The molecule has 0 aliphatic rings. The Morgan fingerprint density at radius 1 is 1.40 bits per heavy atom. The van der Waals surface area contributed by atoms with E-state index < -0.39 is 0 Å². The lowest BCUT2D eigenvalue weighted by Crippen LogP contribution is -2.04. The van der Waals surface area contributed by atoms with E-state index in [1.807, 2.05) is 37.3 Å². The van der Waals surface area contributed by atoms with Crippen molar-refractivity contribution in [2.24, 2.45) is 0 Å². The highest BCUT2D eigenvalue weighted by molar-refractivity contribution is 8.32. The fourth-order valence-electron chi connectivity index (χ4n) is 1.04. The molecule has 0 saturated carbocycles. The van der Waals surface area contributed by atoms with E-state index in [1.165, 1.54) is 0 Å². The van der Waals surface area contributed by atoms with Crippen molar-refractivity contribution in [3.05, 3.63) is 35.9 Å². The van der Waals surface area contributed by atoms with Crippen LogP contribution < -0.4 is 0 Å². The molecule has 0 fully saturated rings. The molecule has 0 amide bonds. The summed E-state index contributed by atoms with van der Waals surface area (Å²) in [4.78, 5) is 11.5. The number of hydrogen-bond acceptors (Lipinski definition) is 4. The van der Waals surface area contributed by atoms with Gasteiger partial charge < -0.3 is 4.74 Å². The van der Waals surface area contributed by atoms with Crippen LogP contribution in [-0.4, -0.2) is 16.1 Å². The van der Waals surface area contributed by atoms with Crippen LogP contribution in [-0.2, 0) is 16.0 Å². The Kier molecular flexibility index (Phi) is 5.36. The van der Waals surface area contributed by atoms with Crippen LogP contribution in [0.1, 0.15) is 12.5 Å². The summed E-state index contributed by atoms with van der Waals surface area (Å²) in [6, 6.07) is 9.58. The summed E-state index contributed by atoms with van der Waals surface area (Å²) < 4.78 is 5.33. The van der Waals surface area contributed by atoms with Crippen LogP contribution in [0, 0.1) is 0 Å². The first kappa shape index (κ1) is 12.2. The Labute approximate surface area is 99.0 Å². The normalized spacial score (nSPS) is 9.67. The highest BCUT2D eigenvalue weighted by atomic mass is 32.2. The van der Waals surface area contributed by atoms with Gasteiger partial charge in [-0.3, -0.25) is 4.79 Å². The molecule has 0 aliphatic carbocycles. The van der Waals surface area contributed by atoms with Crippen LogP contribution in [0.4, 0.5) is 0 Å².